The first-order chi connectivity index (χ1) is 9.25. The standard InChI is InChI=1S/C12H12F3N3O2/c1-18-9(16)5-8(17-18)6-3-4-7(12(13,14)15)11(20-2)10(6)19/h3-5,19H,16H2,1-2H3. The molecule has 0 aliphatic rings. The molecule has 20 heavy (non-hydrogen) atoms. The Kier molecular flexibility index (Phi) is 3.24. The van der Waals surface area contributed by atoms with Gasteiger partial charge in [0.1, 0.15) is 11.4 Å². The summed E-state index contributed by atoms with van der Waals surface area (Å²) in [5, 5.41) is 14.0. The Morgan fingerprint density at radius 2 is 2.00 bits per heavy atom. The first-order valence-corrected chi connectivity index (χ1v) is 5.52. The molecular weight excluding hydrogens is 275 g/mol. The molecule has 3 N–H and O–H groups in total. The molecule has 0 amide bonds. The van der Waals surface area contributed by atoms with Crippen LogP contribution in [0.25, 0.3) is 11.3 Å². The number of benzene rings is 1. The predicted molar refractivity (Wildman–Crippen MR) is 66.3 cm³/mol. The van der Waals surface area contributed by atoms with Gasteiger partial charge in [0.25, 0.3) is 0 Å². The van der Waals surface area contributed by atoms with Gasteiger partial charge in [0.2, 0.25) is 0 Å². The van der Waals surface area contributed by atoms with Crippen molar-refractivity contribution >= 4 is 5.82 Å². The molecule has 0 aliphatic heterocycles. The third-order valence-electron chi connectivity index (χ3n) is 2.83. The zero-order valence-electron chi connectivity index (χ0n) is 10.7. The zero-order valence-corrected chi connectivity index (χ0v) is 10.7. The van der Waals surface area contributed by atoms with Crippen molar-refractivity contribution in [1.82, 2.24) is 9.78 Å². The molecule has 0 saturated carbocycles. The van der Waals surface area contributed by atoms with E-state index in [1.807, 2.05) is 0 Å². The average Bonchev–Trinajstić information content (AvgIpc) is 2.67. The number of hydrogen-bond donors (Lipinski definition) is 2. The maximum Gasteiger partial charge on any atom is 0.420 e. The lowest BCUT2D eigenvalue weighted by Crippen LogP contribution is -2.07. The highest BCUT2D eigenvalue weighted by atomic mass is 19.4. The van der Waals surface area contributed by atoms with Gasteiger partial charge in [-0.05, 0) is 12.1 Å². The summed E-state index contributed by atoms with van der Waals surface area (Å²) < 4.78 is 44.4. The Labute approximate surface area is 112 Å². The van der Waals surface area contributed by atoms with Gasteiger partial charge in [-0.15, -0.1) is 0 Å². The number of rotatable bonds is 2. The Morgan fingerprint density at radius 1 is 1.35 bits per heavy atom. The van der Waals surface area contributed by atoms with E-state index in [2.05, 4.69) is 9.84 Å². The van der Waals surface area contributed by atoms with Gasteiger partial charge < -0.3 is 15.6 Å². The van der Waals surface area contributed by atoms with Crippen LogP contribution in [0.5, 0.6) is 11.5 Å². The van der Waals surface area contributed by atoms with E-state index < -0.39 is 23.2 Å². The van der Waals surface area contributed by atoms with Crippen LogP contribution < -0.4 is 10.5 Å². The second kappa shape index (κ2) is 4.62. The monoisotopic (exact) mass is 287 g/mol. The number of nitrogens with two attached hydrogens (primary N) is 1. The molecule has 2 aromatic rings. The second-order valence-electron chi connectivity index (χ2n) is 4.12. The third kappa shape index (κ3) is 2.24. The summed E-state index contributed by atoms with van der Waals surface area (Å²) in [5.41, 5.74) is 4.93. The fraction of sp³-hybridized carbons (Fsp3) is 0.250. The van der Waals surface area contributed by atoms with Crippen LogP contribution in [0.3, 0.4) is 0 Å². The molecule has 1 heterocycles. The SMILES string of the molecule is COc1c(C(F)(F)F)ccc(-c2cc(N)n(C)n2)c1O. The maximum atomic E-state index is 12.8. The number of nitrogen functional groups attached to an aromatic ring is 1. The molecule has 0 atom stereocenters. The zero-order chi connectivity index (χ0) is 15.1. The van der Waals surface area contributed by atoms with Crippen molar-refractivity contribution in [3.63, 3.8) is 0 Å². The predicted octanol–water partition coefficient (Wildman–Crippen LogP) is 2.40. The number of hydrogen-bond acceptors (Lipinski definition) is 4. The Bertz CT molecular complexity index is 631. The van der Waals surface area contributed by atoms with Crippen molar-refractivity contribution in [3.8, 4) is 22.8 Å². The lowest BCUT2D eigenvalue weighted by molar-refractivity contribution is -0.138. The van der Waals surface area contributed by atoms with Crippen molar-refractivity contribution in [2.24, 2.45) is 7.05 Å². The Balaban J connectivity index is 2.63. The van der Waals surface area contributed by atoms with Gasteiger partial charge in [-0.3, -0.25) is 4.68 Å². The van der Waals surface area contributed by atoms with Crippen LogP contribution in [-0.4, -0.2) is 22.0 Å². The number of aryl methyl sites for hydroxylation is 1. The first-order valence-electron chi connectivity index (χ1n) is 5.52. The molecule has 108 valence electrons. The van der Waals surface area contributed by atoms with Gasteiger partial charge in [-0.2, -0.15) is 18.3 Å². The molecule has 0 fully saturated rings. The minimum Gasteiger partial charge on any atom is -0.504 e. The Hall–Kier alpha value is -2.38. The Morgan fingerprint density at radius 3 is 2.45 bits per heavy atom. The largest absolute Gasteiger partial charge is 0.504 e. The summed E-state index contributed by atoms with van der Waals surface area (Å²) in [6, 6.07) is 3.41. The van der Waals surface area contributed by atoms with Crippen LogP contribution in [-0.2, 0) is 13.2 Å². The van der Waals surface area contributed by atoms with E-state index in [-0.39, 0.29) is 11.3 Å². The number of halogens is 3. The minimum absolute atomic E-state index is 0.113. The van der Waals surface area contributed by atoms with Crippen molar-refractivity contribution < 1.29 is 23.0 Å². The van der Waals surface area contributed by atoms with Crippen LogP contribution in [0.1, 0.15) is 5.56 Å². The number of aromatic nitrogens is 2. The highest BCUT2D eigenvalue weighted by molar-refractivity contribution is 5.73. The second-order valence-corrected chi connectivity index (χ2v) is 4.12. The smallest absolute Gasteiger partial charge is 0.420 e. The fourth-order valence-electron chi connectivity index (χ4n) is 1.82. The molecule has 0 spiro atoms. The van der Waals surface area contributed by atoms with Crippen molar-refractivity contribution in [3.05, 3.63) is 23.8 Å². The minimum atomic E-state index is -4.62. The molecule has 0 radical (unpaired) electrons. The summed E-state index contributed by atoms with van der Waals surface area (Å²) in [6.07, 6.45) is -4.62. The van der Waals surface area contributed by atoms with Gasteiger partial charge >= 0.3 is 6.18 Å². The van der Waals surface area contributed by atoms with E-state index in [1.165, 1.54) is 10.7 Å². The third-order valence-corrected chi connectivity index (χ3v) is 2.83. The van der Waals surface area contributed by atoms with Gasteiger partial charge in [-0.25, -0.2) is 0 Å². The lowest BCUT2D eigenvalue weighted by Gasteiger charge is -2.14. The number of methoxy groups -OCH3 is 1. The molecule has 2 rings (SSSR count). The van der Waals surface area contributed by atoms with E-state index in [4.69, 9.17) is 5.73 Å². The molecule has 0 unspecified atom stereocenters. The molecular formula is C12H12F3N3O2. The van der Waals surface area contributed by atoms with Gasteiger partial charge in [0.05, 0.1) is 12.8 Å². The van der Waals surface area contributed by atoms with E-state index in [1.54, 1.807) is 7.05 Å². The average molecular weight is 287 g/mol. The molecule has 0 aliphatic carbocycles. The summed E-state index contributed by atoms with van der Waals surface area (Å²) in [4.78, 5) is 0. The van der Waals surface area contributed by atoms with E-state index in [0.717, 1.165) is 19.2 Å². The van der Waals surface area contributed by atoms with Crippen molar-refractivity contribution in [1.29, 1.82) is 0 Å². The summed E-state index contributed by atoms with van der Waals surface area (Å²) >= 11 is 0. The van der Waals surface area contributed by atoms with Gasteiger partial charge in [0, 0.05) is 18.7 Å². The quantitative estimate of drug-likeness (QED) is 0.889. The molecule has 8 heteroatoms. The van der Waals surface area contributed by atoms with Gasteiger partial charge in [-0.1, -0.05) is 0 Å². The molecule has 0 bridgehead atoms. The number of aromatic hydroxyl groups is 1. The summed E-state index contributed by atoms with van der Waals surface area (Å²) in [5.74, 6) is -0.946. The van der Waals surface area contributed by atoms with Crippen LogP contribution in [0.4, 0.5) is 19.0 Å². The summed E-state index contributed by atoms with van der Waals surface area (Å²) in [7, 11) is 2.64. The van der Waals surface area contributed by atoms with Crippen molar-refractivity contribution in [2.45, 2.75) is 6.18 Å². The normalized spacial score (nSPS) is 11.7. The van der Waals surface area contributed by atoms with E-state index in [9.17, 15) is 18.3 Å². The lowest BCUT2D eigenvalue weighted by atomic mass is 10.1. The van der Waals surface area contributed by atoms with E-state index in [0.29, 0.717) is 5.82 Å². The van der Waals surface area contributed by atoms with Crippen LogP contribution in [0.2, 0.25) is 0 Å². The van der Waals surface area contributed by atoms with Crippen LogP contribution in [0, 0.1) is 0 Å². The molecule has 1 aromatic heterocycles. The number of alkyl halides is 3. The highest BCUT2D eigenvalue weighted by Gasteiger charge is 2.36. The number of phenolic OH excluding ortho intramolecular Hbond substituents is 1. The van der Waals surface area contributed by atoms with E-state index >= 15 is 0 Å². The van der Waals surface area contributed by atoms with Gasteiger partial charge in [0.15, 0.2) is 11.5 Å². The van der Waals surface area contributed by atoms with Crippen LogP contribution in [0.15, 0.2) is 18.2 Å². The molecule has 1 aromatic carbocycles. The number of anilines is 1. The maximum absolute atomic E-state index is 12.8. The van der Waals surface area contributed by atoms with Crippen LogP contribution >= 0.6 is 0 Å². The molecule has 5 nitrogen and oxygen atoms in total. The molecule has 0 saturated heterocycles. The topological polar surface area (TPSA) is 73.3 Å². The van der Waals surface area contributed by atoms with Crippen molar-refractivity contribution in [2.75, 3.05) is 12.8 Å². The highest BCUT2D eigenvalue weighted by Crippen LogP contribution is 2.45. The fourth-order valence-corrected chi connectivity index (χ4v) is 1.82. The first kappa shape index (κ1) is 14.0. The number of phenols is 1. The number of ether oxygens (including phenoxy) is 1. The summed E-state index contributed by atoms with van der Waals surface area (Å²) in [6.45, 7) is 0. The number of nitrogens with zero attached hydrogens (tertiary/aromatic N) is 2.